The highest BCUT2D eigenvalue weighted by molar-refractivity contribution is 7.91. The quantitative estimate of drug-likeness (QED) is 0.824. The van der Waals surface area contributed by atoms with Crippen molar-refractivity contribution in [3.8, 4) is 0 Å². The summed E-state index contributed by atoms with van der Waals surface area (Å²) in [5.41, 5.74) is 0. The molecule has 6 heteroatoms. The van der Waals surface area contributed by atoms with Gasteiger partial charge in [-0.3, -0.25) is 4.79 Å². The average molecular weight is 283 g/mol. The summed E-state index contributed by atoms with van der Waals surface area (Å²) in [6.45, 7) is 0. The van der Waals surface area contributed by atoms with E-state index in [0.717, 1.165) is 0 Å². The largest absolute Gasteiger partial charge is 0.393 e. The van der Waals surface area contributed by atoms with Crippen LogP contribution in [0.2, 0.25) is 0 Å². The van der Waals surface area contributed by atoms with E-state index in [-0.39, 0.29) is 35.1 Å². The highest BCUT2D eigenvalue weighted by atomic mass is 32.2. The number of sulfone groups is 1. The second-order valence-corrected chi connectivity index (χ2v) is 6.88. The van der Waals surface area contributed by atoms with Crippen LogP contribution in [0, 0.1) is 0 Å². The second-order valence-electron chi connectivity index (χ2n) is 4.77. The third-order valence-corrected chi connectivity index (χ3v) is 4.91. The molecule has 1 aliphatic carbocycles. The van der Waals surface area contributed by atoms with Crippen molar-refractivity contribution in [1.29, 1.82) is 0 Å². The Morgan fingerprint density at radius 2 is 1.89 bits per heavy atom. The topological polar surface area (TPSA) is 83.5 Å². The molecule has 1 saturated carbocycles. The third-order valence-electron chi connectivity index (χ3n) is 3.18. The molecule has 5 nitrogen and oxygen atoms in total. The Labute approximate surface area is 112 Å². The maximum Gasteiger partial charge on any atom is 0.221 e. The Bertz CT molecular complexity index is 535. The van der Waals surface area contributed by atoms with Gasteiger partial charge >= 0.3 is 0 Å². The molecule has 0 radical (unpaired) electrons. The number of nitrogens with one attached hydrogen (secondary N) is 1. The molecule has 0 atom stereocenters. The number of carbonyl (C=O) groups excluding carboxylic acids is 1. The molecule has 19 heavy (non-hydrogen) atoms. The van der Waals surface area contributed by atoms with Crippen LogP contribution in [0.5, 0.6) is 0 Å². The summed E-state index contributed by atoms with van der Waals surface area (Å²) < 4.78 is 23.9. The van der Waals surface area contributed by atoms with Crippen LogP contribution in [-0.2, 0) is 14.6 Å². The zero-order chi connectivity index (χ0) is 13.9. The Balaban J connectivity index is 1.83. The fraction of sp³-hybridized carbons (Fsp3) is 0.462. The van der Waals surface area contributed by atoms with Gasteiger partial charge in [-0.2, -0.15) is 0 Å². The number of hydrogen-bond acceptors (Lipinski definition) is 4. The van der Waals surface area contributed by atoms with Gasteiger partial charge < -0.3 is 10.4 Å². The molecule has 0 spiro atoms. The summed E-state index contributed by atoms with van der Waals surface area (Å²) in [6, 6.07) is 8.09. The van der Waals surface area contributed by atoms with Gasteiger partial charge in [-0.05, 0) is 25.0 Å². The minimum Gasteiger partial charge on any atom is -0.393 e. The molecule has 1 aromatic rings. The van der Waals surface area contributed by atoms with E-state index >= 15 is 0 Å². The van der Waals surface area contributed by atoms with Gasteiger partial charge in [-0.15, -0.1) is 0 Å². The molecule has 0 saturated heterocycles. The van der Waals surface area contributed by atoms with E-state index in [2.05, 4.69) is 5.32 Å². The summed E-state index contributed by atoms with van der Waals surface area (Å²) in [4.78, 5) is 11.8. The van der Waals surface area contributed by atoms with Crippen LogP contribution in [0.4, 0.5) is 0 Å². The second kappa shape index (κ2) is 5.71. The van der Waals surface area contributed by atoms with Gasteiger partial charge in [-0.25, -0.2) is 8.42 Å². The van der Waals surface area contributed by atoms with E-state index in [9.17, 15) is 13.2 Å². The summed E-state index contributed by atoms with van der Waals surface area (Å²) in [5.74, 6) is -0.477. The van der Waals surface area contributed by atoms with Gasteiger partial charge in [-0.1, -0.05) is 18.2 Å². The molecule has 2 N–H and O–H groups in total. The molecule has 1 fully saturated rings. The molecule has 0 heterocycles. The van der Waals surface area contributed by atoms with Gasteiger partial charge in [0.1, 0.15) is 0 Å². The number of hydrogen-bond donors (Lipinski definition) is 2. The Kier molecular flexibility index (Phi) is 4.21. The normalized spacial score (nSPS) is 22.6. The first-order valence-electron chi connectivity index (χ1n) is 6.22. The van der Waals surface area contributed by atoms with Crippen LogP contribution < -0.4 is 5.32 Å². The van der Waals surface area contributed by atoms with Crippen LogP contribution in [0.25, 0.3) is 0 Å². The first kappa shape index (κ1) is 14.0. The van der Waals surface area contributed by atoms with Crippen LogP contribution in [0.1, 0.15) is 19.3 Å². The van der Waals surface area contributed by atoms with E-state index in [1.807, 2.05) is 0 Å². The van der Waals surface area contributed by atoms with E-state index in [0.29, 0.717) is 12.8 Å². The number of amides is 1. The summed E-state index contributed by atoms with van der Waals surface area (Å²) in [6.07, 6.45) is 0.719. The van der Waals surface area contributed by atoms with Crippen LogP contribution >= 0.6 is 0 Å². The van der Waals surface area contributed by atoms with Crippen molar-refractivity contribution in [2.24, 2.45) is 0 Å². The number of rotatable bonds is 5. The molecule has 1 amide bonds. The van der Waals surface area contributed by atoms with E-state index < -0.39 is 9.84 Å². The first-order valence-corrected chi connectivity index (χ1v) is 7.88. The third kappa shape index (κ3) is 3.78. The lowest BCUT2D eigenvalue weighted by molar-refractivity contribution is -0.122. The van der Waals surface area contributed by atoms with Gasteiger partial charge in [0.15, 0.2) is 9.84 Å². The Morgan fingerprint density at radius 3 is 2.47 bits per heavy atom. The van der Waals surface area contributed by atoms with Gasteiger partial charge in [0, 0.05) is 12.5 Å². The first-order chi connectivity index (χ1) is 8.97. The zero-order valence-electron chi connectivity index (χ0n) is 10.5. The van der Waals surface area contributed by atoms with Crippen molar-refractivity contribution >= 4 is 15.7 Å². The van der Waals surface area contributed by atoms with Crippen molar-refractivity contribution in [1.82, 2.24) is 5.32 Å². The minimum absolute atomic E-state index is 0.0121. The lowest BCUT2D eigenvalue weighted by Gasteiger charge is -2.31. The number of benzene rings is 1. The molecular formula is C13H17NO4S. The molecule has 0 unspecified atom stereocenters. The van der Waals surface area contributed by atoms with E-state index in [4.69, 9.17) is 5.11 Å². The molecular weight excluding hydrogens is 266 g/mol. The lowest BCUT2D eigenvalue weighted by atomic mass is 9.89. The van der Waals surface area contributed by atoms with E-state index in [1.54, 1.807) is 18.2 Å². The molecule has 0 bridgehead atoms. The molecule has 2 rings (SSSR count). The highest BCUT2D eigenvalue weighted by Crippen LogP contribution is 2.19. The Hall–Kier alpha value is -1.40. The SMILES string of the molecule is O=C(CCS(=O)(=O)c1ccccc1)NC1CC(O)C1. The Morgan fingerprint density at radius 1 is 1.26 bits per heavy atom. The van der Waals surface area contributed by atoms with E-state index in [1.165, 1.54) is 12.1 Å². The van der Waals surface area contributed by atoms with Gasteiger partial charge in [0.2, 0.25) is 5.91 Å². The van der Waals surface area contributed by atoms with Crippen molar-refractivity contribution in [2.75, 3.05) is 5.75 Å². The highest BCUT2D eigenvalue weighted by Gasteiger charge is 2.28. The molecule has 1 aromatic carbocycles. The predicted molar refractivity (Wildman–Crippen MR) is 70.3 cm³/mol. The predicted octanol–water partition coefficient (Wildman–Crippen LogP) is 0.490. The van der Waals surface area contributed by atoms with Gasteiger partial charge in [0.25, 0.3) is 0 Å². The average Bonchev–Trinajstić information content (AvgIpc) is 2.36. The lowest BCUT2D eigenvalue weighted by Crippen LogP contribution is -2.47. The summed E-state index contributed by atoms with van der Waals surface area (Å²) in [7, 11) is -3.40. The molecule has 104 valence electrons. The van der Waals surface area contributed by atoms with Crippen LogP contribution in [0.3, 0.4) is 0 Å². The van der Waals surface area contributed by atoms with Crippen LogP contribution in [0.15, 0.2) is 35.2 Å². The fourth-order valence-electron chi connectivity index (χ4n) is 1.98. The standard InChI is InChI=1S/C13H17NO4S/c15-11-8-10(9-11)14-13(16)6-7-19(17,18)12-4-2-1-3-5-12/h1-5,10-11,15H,6-9H2,(H,14,16). The smallest absolute Gasteiger partial charge is 0.221 e. The van der Waals surface area contributed by atoms with Crippen molar-refractivity contribution in [2.45, 2.75) is 36.3 Å². The minimum atomic E-state index is -3.40. The summed E-state index contributed by atoms with van der Waals surface area (Å²) in [5, 5.41) is 11.8. The van der Waals surface area contributed by atoms with Crippen molar-refractivity contribution in [3.63, 3.8) is 0 Å². The van der Waals surface area contributed by atoms with Crippen LogP contribution in [-0.4, -0.2) is 37.3 Å². The summed E-state index contributed by atoms with van der Waals surface area (Å²) >= 11 is 0. The number of aliphatic hydroxyl groups is 1. The number of aliphatic hydroxyl groups excluding tert-OH is 1. The fourth-order valence-corrected chi connectivity index (χ4v) is 3.24. The zero-order valence-corrected chi connectivity index (χ0v) is 11.3. The molecule has 1 aliphatic rings. The monoisotopic (exact) mass is 283 g/mol. The maximum atomic E-state index is 11.9. The maximum absolute atomic E-state index is 11.9. The van der Waals surface area contributed by atoms with Crippen molar-refractivity contribution < 1.29 is 18.3 Å². The number of carbonyl (C=O) groups is 1. The molecule has 0 aromatic heterocycles. The van der Waals surface area contributed by atoms with Gasteiger partial charge in [0.05, 0.1) is 16.8 Å². The molecule has 0 aliphatic heterocycles. The van der Waals surface area contributed by atoms with Crippen molar-refractivity contribution in [3.05, 3.63) is 30.3 Å².